The van der Waals surface area contributed by atoms with Gasteiger partial charge in [0.2, 0.25) is 5.91 Å². The molecule has 5 nitrogen and oxygen atoms in total. The van der Waals surface area contributed by atoms with E-state index in [1.165, 1.54) is 0 Å². The van der Waals surface area contributed by atoms with Crippen molar-refractivity contribution in [2.45, 2.75) is 19.3 Å². The molecule has 24 heavy (non-hydrogen) atoms. The van der Waals surface area contributed by atoms with Crippen LogP contribution in [0.2, 0.25) is 0 Å². The normalized spacial score (nSPS) is 16.1. The van der Waals surface area contributed by atoms with E-state index < -0.39 is 0 Å². The molecule has 0 spiro atoms. The van der Waals surface area contributed by atoms with Crippen LogP contribution in [-0.2, 0) is 4.79 Å². The first-order chi connectivity index (χ1) is 11.7. The fourth-order valence-corrected chi connectivity index (χ4v) is 3.09. The van der Waals surface area contributed by atoms with E-state index in [1.54, 1.807) is 14.2 Å². The summed E-state index contributed by atoms with van der Waals surface area (Å²) in [6, 6.07) is 11.5. The van der Waals surface area contributed by atoms with Crippen molar-refractivity contribution in [1.29, 1.82) is 0 Å². The molecule has 126 valence electrons. The molecule has 1 atom stereocenters. The van der Waals surface area contributed by atoms with Crippen molar-refractivity contribution in [2.24, 2.45) is 0 Å². The molecule has 0 saturated carbocycles. The summed E-state index contributed by atoms with van der Waals surface area (Å²) in [5.74, 6) is 2.10. The number of anilines is 1. The summed E-state index contributed by atoms with van der Waals surface area (Å²) < 4.78 is 16.3. The van der Waals surface area contributed by atoms with Gasteiger partial charge in [-0.05, 0) is 24.6 Å². The molecular formula is C19H21NO4. The van der Waals surface area contributed by atoms with E-state index >= 15 is 0 Å². The van der Waals surface area contributed by atoms with Crippen molar-refractivity contribution in [2.75, 3.05) is 26.1 Å². The SMILES string of the molecule is CCOc1ccc([C@@H]2CC(=O)Nc3cc(OC)cc(OC)c32)cc1. The van der Waals surface area contributed by atoms with Gasteiger partial charge in [0.25, 0.3) is 0 Å². The lowest BCUT2D eigenvalue weighted by Gasteiger charge is -2.28. The van der Waals surface area contributed by atoms with Crippen LogP contribution in [0.1, 0.15) is 30.4 Å². The minimum atomic E-state index is -0.0646. The van der Waals surface area contributed by atoms with Crippen molar-refractivity contribution in [1.82, 2.24) is 0 Å². The summed E-state index contributed by atoms with van der Waals surface area (Å²) >= 11 is 0. The topological polar surface area (TPSA) is 56.8 Å². The Bertz CT molecular complexity index is 740. The van der Waals surface area contributed by atoms with Gasteiger partial charge in [-0.15, -0.1) is 0 Å². The zero-order valence-corrected chi connectivity index (χ0v) is 14.1. The highest BCUT2D eigenvalue weighted by Gasteiger charge is 2.30. The Hall–Kier alpha value is -2.69. The van der Waals surface area contributed by atoms with Crippen LogP contribution in [0, 0.1) is 0 Å². The average molecular weight is 327 g/mol. The van der Waals surface area contributed by atoms with Gasteiger partial charge in [0.15, 0.2) is 0 Å². The number of carbonyl (C=O) groups is 1. The summed E-state index contributed by atoms with van der Waals surface area (Å²) in [5.41, 5.74) is 2.77. The van der Waals surface area contributed by atoms with Gasteiger partial charge in [-0.25, -0.2) is 0 Å². The molecule has 3 rings (SSSR count). The first-order valence-corrected chi connectivity index (χ1v) is 7.94. The maximum Gasteiger partial charge on any atom is 0.225 e. The second-order valence-corrected chi connectivity index (χ2v) is 5.60. The lowest BCUT2D eigenvalue weighted by molar-refractivity contribution is -0.116. The molecule has 0 radical (unpaired) electrons. The van der Waals surface area contributed by atoms with Crippen molar-refractivity contribution in [3.8, 4) is 17.2 Å². The second-order valence-electron chi connectivity index (χ2n) is 5.60. The number of nitrogens with one attached hydrogen (secondary N) is 1. The van der Waals surface area contributed by atoms with Crippen LogP contribution >= 0.6 is 0 Å². The average Bonchev–Trinajstić information content (AvgIpc) is 2.60. The number of ether oxygens (including phenoxy) is 3. The zero-order valence-electron chi connectivity index (χ0n) is 14.1. The molecule has 0 saturated heterocycles. The van der Waals surface area contributed by atoms with Gasteiger partial charge >= 0.3 is 0 Å². The van der Waals surface area contributed by atoms with Crippen LogP contribution in [0.15, 0.2) is 36.4 Å². The second kappa shape index (κ2) is 6.83. The van der Waals surface area contributed by atoms with Gasteiger partial charge in [-0.3, -0.25) is 4.79 Å². The molecule has 0 aliphatic carbocycles. The Morgan fingerprint density at radius 2 is 1.83 bits per heavy atom. The Morgan fingerprint density at radius 1 is 1.08 bits per heavy atom. The van der Waals surface area contributed by atoms with Crippen LogP contribution in [-0.4, -0.2) is 26.7 Å². The predicted octanol–water partition coefficient (Wildman–Crippen LogP) is 3.58. The van der Waals surface area contributed by atoms with E-state index in [9.17, 15) is 4.79 Å². The van der Waals surface area contributed by atoms with Crippen molar-refractivity contribution in [3.63, 3.8) is 0 Å². The molecule has 1 aliphatic heterocycles. The van der Waals surface area contributed by atoms with E-state index in [-0.39, 0.29) is 11.8 Å². The number of amides is 1. The zero-order chi connectivity index (χ0) is 17.1. The van der Waals surface area contributed by atoms with Gasteiger partial charge in [0.05, 0.1) is 26.5 Å². The Kier molecular flexibility index (Phi) is 4.60. The van der Waals surface area contributed by atoms with Crippen LogP contribution < -0.4 is 19.5 Å². The Labute approximate surface area is 141 Å². The molecule has 1 aliphatic rings. The minimum absolute atomic E-state index is 0.0170. The number of hydrogen-bond donors (Lipinski definition) is 1. The third kappa shape index (κ3) is 3.02. The van der Waals surface area contributed by atoms with Crippen LogP contribution in [0.5, 0.6) is 17.2 Å². The third-order valence-corrected chi connectivity index (χ3v) is 4.18. The van der Waals surface area contributed by atoms with Crippen molar-refractivity contribution in [3.05, 3.63) is 47.5 Å². The van der Waals surface area contributed by atoms with E-state index in [0.717, 1.165) is 22.6 Å². The predicted molar refractivity (Wildman–Crippen MR) is 92.2 cm³/mol. The lowest BCUT2D eigenvalue weighted by atomic mass is 9.84. The maximum absolute atomic E-state index is 12.2. The summed E-state index contributed by atoms with van der Waals surface area (Å²) in [6.07, 6.45) is 0.379. The van der Waals surface area contributed by atoms with Gasteiger partial charge in [-0.2, -0.15) is 0 Å². The number of methoxy groups -OCH3 is 2. The van der Waals surface area contributed by atoms with Gasteiger partial charge in [0.1, 0.15) is 17.2 Å². The fourth-order valence-electron chi connectivity index (χ4n) is 3.09. The molecule has 1 heterocycles. The van der Waals surface area contributed by atoms with Gasteiger partial charge in [-0.1, -0.05) is 12.1 Å². The molecule has 0 fully saturated rings. The molecule has 0 bridgehead atoms. The highest BCUT2D eigenvalue weighted by Crippen LogP contribution is 2.44. The van der Waals surface area contributed by atoms with E-state index in [2.05, 4.69) is 5.32 Å². The molecular weight excluding hydrogens is 306 g/mol. The Morgan fingerprint density at radius 3 is 2.46 bits per heavy atom. The molecule has 0 unspecified atom stereocenters. The fraction of sp³-hybridized carbons (Fsp3) is 0.316. The molecule has 1 N–H and O–H groups in total. The van der Waals surface area contributed by atoms with E-state index in [0.29, 0.717) is 24.5 Å². The van der Waals surface area contributed by atoms with Gasteiger partial charge < -0.3 is 19.5 Å². The number of hydrogen-bond acceptors (Lipinski definition) is 4. The largest absolute Gasteiger partial charge is 0.497 e. The maximum atomic E-state index is 12.2. The van der Waals surface area contributed by atoms with Crippen LogP contribution in [0.25, 0.3) is 0 Å². The minimum Gasteiger partial charge on any atom is -0.497 e. The highest BCUT2D eigenvalue weighted by molar-refractivity contribution is 5.96. The summed E-state index contributed by atoms with van der Waals surface area (Å²) in [4.78, 5) is 12.2. The van der Waals surface area contributed by atoms with Crippen molar-refractivity contribution < 1.29 is 19.0 Å². The number of carbonyl (C=O) groups excluding carboxylic acids is 1. The van der Waals surface area contributed by atoms with Gasteiger partial charge in [0, 0.05) is 30.0 Å². The summed E-state index contributed by atoms with van der Waals surface area (Å²) in [5, 5.41) is 2.92. The third-order valence-electron chi connectivity index (χ3n) is 4.18. The summed E-state index contributed by atoms with van der Waals surface area (Å²) in [7, 11) is 3.22. The van der Waals surface area contributed by atoms with Crippen LogP contribution in [0.4, 0.5) is 5.69 Å². The smallest absolute Gasteiger partial charge is 0.225 e. The molecule has 1 amide bonds. The number of benzene rings is 2. The summed E-state index contributed by atoms with van der Waals surface area (Å²) in [6.45, 7) is 2.58. The molecule has 2 aromatic rings. The molecule has 0 aromatic heterocycles. The first-order valence-electron chi connectivity index (χ1n) is 7.94. The monoisotopic (exact) mass is 327 g/mol. The standard InChI is InChI=1S/C19H21NO4/c1-4-24-13-7-5-12(6-8-13)15-11-18(21)20-16-9-14(22-2)10-17(23-3)19(15)16/h5-10,15H,4,11H2,1-3H3,(H,20,21)/t15-/m0/s1. The number of rotatable bonds is 5. The molecule has 5 heteroatoms. The highest BCUT2D eigenvalue weighted by atomic mass is 16.5. The van der Waals surface area contributed by atoms with E-state index in [4.69, 9.17) is 14.2 Å². The van der Waals surface area contributed by atoms with Crippen LogP contribution in [0.3, 0.4) is 0 Å². The molecule has 2 aromatic carbocycles. The van der Waals surface area contributed by atoms with Crippen molar-refractivity contribution >= 4 is 11.6 Å². The Balaban J connectivity index is 2.06. The quantitative estimate of drug-likeness (QED) is 0.912. The lowest BCUT2D eigenvalue weighted by Crippen LogP contribution is -2.24. The first kappa shape index (κ1) is 16.2. The van der Waals surface area contributed by atoms with E-state index in [1.807, 2.05) is 43.3 Å². The number of fused-ring (bicyclic) bond motifs is 1.